The van der Waals surface area contributed by atoms with Gasteiger partial charge in [0.15, 0.2) is 0 Å². The highest BCUT2D eigenvalue weighted by Gasteiger charge is 2.22. The average Bonchev–Trinajstić information content (AvgIpc) is 2.41. The molecule has 1 heterocycles. The number of carbonyl (C=O) groups is 1. The number of rotatable bonds is 2. The minimum atomic E-state index is -0.0962. The molecule has 0 spiro atoms. The monoisotopic (exact) mass is 229 g/mol. The Balaban J connectivity index is 2.53. The maximum atomic E-state index is 11.6. The van der Waals surface area contributed by atoms with Gasteiger partial charge in [0, 0.05) is 13.1 Å². The first-order valence-electron chi connectivity index (χ1n) is 5.66. The van der Waals surface area contributed by atoms with E-state index in [1.807, 2.05) is 4.90 Å². The Hall–Kier alpha value is -0.500. The highest BCUT2D eigenvalue weighted by Crippen LogP contribution is 2.25. The lowest BCUT2D eigenvalue weighted by Crippen LogP contribution is -2.32. The molecule has 1 amide bonds. The first kappa shape index (κ1) is 12.6. The normalized spacial score (nSPS) is 22.7. The van der Waals surface area contributed by atoms with Crippen molar-refractivity contribution in [2.45, 2.75) is 33.1 Å². The highest BCUT2D eigenvalue weighted by molar-refractivity contribution is 6.41. The molecule has 0 aromatic heterocycles. The average molecular weight is 230 g/mol. The van der Waals surface area contributed by atoms with Gasteiger partial charge >= 0.3 is 0 Å². The largest absolute Gasteiger partial charge is 0.338 e. The van der Waals surface area contributed by atoms with Gasteiger partial charge in [0.2, 0.25) is 0 Å². The number of carbonyl (C=O) groups excluding carboxylic acids is 1. The van der Waals surface area contributed by atoms with E-state index in [2.05, 4.69) is 20.4 Å². The van der Waals surface area contributed by atoms with Crippen molar-refractivity contribution in [1.82, 2.24) is 4.90 Å². The van der Waals surface area contributed by atoms with Crippen molar-refractivity contribution in [3.63, 3.8) is 0 Å². The van der Waals surface area contributed by atoms with Gasteiger partial charge in [0.1, 0.15) is 0 Å². The number of nitrogens with zero attached hydrogens (tertiary/aromatic N) is 1. The molecule has 15 heavy (non-hydrogen) atoms. The molecule has 86 valence electrons. The van der Waals surface area contributed by atoms with Crippen LogP contribution in [0.15, 0.2) is 11.6 Å². The van der Waals surface area contributed by atoms with Crippen molar-refractivity contribution in [2.24, 2.45) is 11.8 Å². The van der Waals surface area contributed by atoms with Crippen LogP contribution in [0.25, 0.3) is 0 Å². The summed E-state index contributed by atoms with van der Waals surface area (Å²) in [6.45, 7) is 9.65. The Morgan fingerprint density at radius 2 is 2.07 bits per heavy atom. The quantitative estimate of drug-likeness (QED) is 0.667. The van der Waals surface area contributed by atoms with Gasteiger partial charge in [0.25, 0.3) is 5.91 Å². The molecule has 1 unspecified atom stereocenters. The second-order valence-electron chi connectivity index (χ2n) is 4.63. The maximum Gasteiger partial charge on any atom is 0.264 e. The number of likely N-dealkylation sites (tertiary alicyclic amines) is 1. The molecule has 1 rings (SSSR count). The van der Waals surface area contributed by atoms with E-state index in [1.54, 1.807) is 0 Å². The second kappa shape index (κ2) is 5.55. The van der Waals surface area contributed by atoms with Gasteiger partial charge in [0.05, 0.1) is 5.03 Å². The molecule has 0 aromatic carbocycles. The first-order chi connectivity index (χ1) is 7.02. The molecule has 0 bridgehead atoms. The minimum Gasteiger partial charge on any atom is -0.338 e. The van der Waals surface area contributed by atoms with E-state index in [4.69, 9.17) is 11.6 Å². The molecule has 1 fully saturated rings. The van der Waals surface area contributed by atoms with E-state index in [-0.39, 0.29) is 10.9 Å². The Morgan fingerprint density at radius 3 is 2.60 bits per heavy atom. The van der Waals surface area contributed by atoms with Crippen molar-refractivity contribution in [1.29, 1.82) is 0 Å². The summed E-state index contributed by atoms with van der Waals surface area (Å²) in [4.78, 5) is 13.5. The molecular weight excluding hydrogens is 210 g/mol. The van der Waals surface area contributed by atoms with E-state index < -0.39 is 0 Å². The van der Waals surface area contributed by atoms with Crippen LogP contribution in [0.4, 0.5) is 0 Å². The molecule has 3 heteroatoms. The fourth-order valence-electron chi connectivity index (χ4n) is 2.16. The molecule has 0 saturated carbocycles. The third kappa shape index (κ3) is 3.53. The molecule has 1 aliphatic heterocycles. The SMILES string of the molecule is C=C(Cl)C(=O)N1CCCC(C(C)C)CC1. The molecule has 0 aliphatic carbocycles. The minimum absolute atomic E-state index is 0.0962. The smallest absolute Gasteiger partial charge is 0.264 e. The van der Waals surface area contributed by atoms with Crippen LogP contribution in [-0.2, 0) is 4.79 Å². The summed E-state index contributed by atoms with van der Waals surface area (Å²) in [5, 5.41) is 0.137. The Bertz CT molecular complexity index is 250. The summed E-state index contributed by atoms with van der Waals surface area (Å²) >= 11 is 5.63. The summed E-state index contributed by atoms with van der Waals surface area (Å²) in [7, 11) is 0. The van der Waals surface area contributed by atoms with Crippen LogP contribution in [0.1, 0.15) is 33.1 Å². The standard InChI is InChI=1S/C12H20ClNO/c1-9(2)11-5-4-7-14(8-6-11)12(15)10(3)13/h9,11H,3-8H2,1-2H3. The van der Waals surface area contributed by atoms with Crippen molar-refractivity contribution < 1.29 is 4.79 Å². The first-order valence-corrected chi connectivity index (χ1v) is 6.04. The van der Waals surface area contributed by atoms with Crippen molar-refractivity contribution in [3.8, 4) is 0 Å². The predicted molar refractivity (Wildman–Crippen MR) is 63.8 cm³/mol. The van der Waals surface area contributed by atoms with Gasteiger partial charge in [-0.25, -0.2) is 0 Å². The second-order valence-corrected chi connectivity index (χ2v) is 5.09. The Labute approximate surface area is 97.3 Å². The van der Waals surface area contributed by atoms with Crippen molar-refractivity contribution in [2.75, 3.05) is 13.1 Å². The number of hydrogen-bond donors (Lipinski definition) is 0. The van der Waals surface area contributed by atoms with E-state index in [9.17, 15) is 4.79 Å². The van der Waals surface area contributed by atoms with Crippen LogP contribution in [0.3, 0.4) is 0 Å². The van der Waals surface area contributed by atoms with Crippen LogP contribution in [0.5, 0.6) is 0 Å². The van der Waals surface area contributed by atoms with Gasteiger partial charge < -0.3 is 4.90 Å². The van der Waals surface area contributed by atoms with E-state index >= 15 is 0 Å². The third-order valence-corrected chi connectivity index (χ3v) is 3.40. The van der Waals surface area contributed by atoms with Gasteiger partial charge in [-0.05, 0) is 31.1 Å². The fourth-order valence-corrected chi connectivity index (χ4v) is 2.28. The molecule has 0 radical (unpaired) electrons. The molecule has 1 saturated heterocycles. The van der Waals surface area contributed by atoms with Gasteiger partial charge in [-0.3, -0.25) is 4.79 Å². The van der Waals surface area contributed by atoms with E-state index in [0.717, 1.165) is 31.8 Å². The highest BCUT2D eigenvalue weighted by atomic mass is 35.5. The lowest BCUT2D eigenvalue weighted by atomic mass is 9.89. The number of amides is 1. The molecule has 1 aliphatic rings. The van der Waals surface area contributed by atoms with Crippen LogP contribution >= 0.6 is 11.6 Å². The molecule has 0 N–H and O–H groups in total. The molecular formula is C12H20ClNO. The van der Waals surface area contributed by atoms with E-state index in [1.165, 1.54) is 6.42 Å². The summed E-state index contributed by atoms with van der Waals surface area (Å²) in [5.74, 6) is 1.35. The van der Waals surface area contributed by atoms with Crippen LogP contribution in [-0.4, -0.2) is 23.9 Å². The summed E-state index contributed by atoms with van der Waals surface area (Å²) in [5.41, 5.74) is 0. The third-order valence-electron chi connectivity index (χ3n) is 3.23. The zero-order valence-electron chi connectivity index (χ0n) is 9.63. The lowest BCUT2D eigenvalue weighted by Gasteiger charge is -2.21. The van der Waals surface area contributed by atoms with Gasteiger partial charge in [-0.1, -0.05) is 32.0 Å². The van der Waals surface area contributed by atoms with Crippen molar-refractivity contribution >= 4 is 17.5 Å². The molecule has 0 aromatic rings. The topological polar surface area (TPSA) is 20.3 Å². The van der Waals surface area contributed by atoms with Gasteiger partial charge in [-0.15, -0.1) is 0 Å². The number of hydrogen-bond acceptors (Lipinski definition) is 1. The Morgan fingerprint density at radius 1 is 1.40 bits per heavy atom. The zero-order valence-corrected chi connectivity index (χ0v) is 10.4. The zero-order chi connectivity index (χ0) is 11.4. The lowest BCUT2D eigenvalue weighted by molar-refractivity contribution is -0.126. The Kier molecular flexibility index (Phi) is 4.65. The maximum absolute atomic E-state index is 11.6. The van der Waals surface area contributed by atoms with Crippen LogP contribution < -0.4 is 0 Å². The summed E-state index contributed by atoms with van der Waals surface area (Å²) in [6.07, 6.45) is 3.39. The fraction of sp³-hybridized carbons (Fsp3) is 0.750. The van der Waals surface area contributed by atoms with Gasteiger partial charge in [-0.2, -0.15) is 0 Å². The van der Waals surface area contributed by atoms with Crippen molar-refractivity contribution in [3.05, 3.63) is 11.6 Å². The molecule has 1 atom stereocenters. The summed E-state index contributed by atoms with van der Waals surface area (Å²) < 4.78 is 0. The van der Waals surface area contributed by atoms with E-state index in [0.29, 0.717) is 5.92 Å². The summed E-state index contributed by atoms with van der Waals surface area (Å²) in [6, 6.07) is 0. The number of halogens is 1. The van der Waals surface area contributed by atoms with Crippen LogP contribution in [0, 0.1) is 11.8 Å². The molecule has 2 nitrogen and oxygen atoms in total. The predicted octanol–water partition coefficient (Wildman–Crippen LogP) is 3.02. The van der Waals surface area contributed by atoms with Crippen LogP contribution in [0.2, 0.25) is 0 Å².